The van der Waals surface area contributed by atoms with Crippen LogP contribution in [0.2, 0.25) is 0 Å². The van der Waals surface area contributed by atoms with E-state index in [4.69, 9.17) is 9.57 Å². The lowest BCUT2D eigenvalue weighted by atomic mass is 9.91. The number of nitrogens with zero attached hydrogens (tertiary/aromatic N) is 4. The summed E-state index contributed by atoms with van der Waals surface area (Å²) in [6.45, 7) is 4.25. The van der Waals surface area contributed by atoms with Crippen LogP contribution in [-0.4, -0.2) is 60.1 Å². The summed E-state index contributed by atoms with van der Waals surface area (Å²) in [7, 11) is 3.43. The second-order valence-corrected chi connectivity index (χ2v) is 8.24. The average molecular weight is 409 g/mol. The lowest BCUT2D eigenvalue weighted by molar-refractivity contribution is -0.962. The number of anilines is 1. The highest BCUT2D eigenvalue weighted by molar-refractivity contribution is 5.74. The number of hydroxylamine groups is 3. The third kappa shape index (κ3) is 3.09. The Bertz CT molecular complexity index is 1050. The molecule has 4 aliphatic rings. The Morgan fingerprint density at radius 3 is 2.87 bits per heavy atom. The van der Waals surface area contributed by atoms with Crippen LogP contribution in [0.5, 0.6) is 0 Å². The maximum Gasteiger partial charge on any atom is 0.335 e. The number of likely N-dealkylation sites (tertiary alicyclic amines) is 1. The Morgan fingerprint density at radius 1 is 1.20 bits per heavy atom. The van der Waals surface area contributed by atoms with Gasteiger partial charge in [-0.2, -0.15) is 9.94 Å². The van der Waals surface area contributed by atoms with Crippen molar-refractivity contribution in [3.05, 3.63) is 51.9 Å². The Hall–Kier alpha value is -2.48. The monoisotopic (exact) mass is 408 g/mol. The van der Waals surface area contributed by atoms with E-state index in [1.165, 1.54) is 43.5 Å². The van der Waals surface area contributed by atoms with Crippen molar-refractivity contribution in [3.8, 4) is 0 Å². The number of rotatable bonds is 6. The molecule has 1 unspecified atom stereocenters. The van der Waals surface area contributed by atoms with Crippen LogP contribution >= 0.6 is 0 Å². The van der Waals surface area contributed by atoms with Crippen molar-refractivity contribution >= 4 is 17.7 Å². The second kappa shape index (κ2) is 7.98. The molecule has 0 saturated carbocycles. The zero-order valence-electron chi connectivity index (χ0n) is 17.9. The van der Waals surface area contributed by atoms with Gasteiger partial charge < -0.3 is 15.0 Å². The number of allylic oxidation sites excluding steroid dienone is 3. The van der Waals surface area contributed by atoms with E-state index in [0.717, 1.165) is 53.8 Å². The Morgan fingerprint density at radius 2 is 2.07 bits per heavy atom. The fourth-order valence-electron chi connectivity index (χ4n) is 5.04. The van der Waals surface area contributed by atoms with Gasteiger partial charge in [-0.25, -0.2) is 0 Å². The van der Waals surface area contributed by atoms with Gasteiger partial charge >= 0.3 is 5.88 Å². The van der Waals surface area contributed by atoms with Crippen LogP contribution < -0.4 is 15.8 Å². The van der Waals surface area contributed by atoms with Crippen molar-refractivity contribution < 1.29 is 14.2 Å². The molecule has 7 nitrogen and oxygen atoms in total. The third-order valence-corrected chi connectivity index (χ3v) is 6.53. The Labute approximate surface area is 177 Å². The number of hydrogen-bond donors (Lipinski definition) is 1. The number of hydrogen-bond acceptors (Lipinski definition) is 6. The summed E-state index contributed by atoms with van der Waals surface area (Å²) in [4.78, 5) is 8.61. The first kappa shape index (κ1) is 19.5. The van der Waals surface area contributed by atoms with E-state index in [2.05, 4.69) is 44.8 Å². The number of quaternary nitrogens is 1. The first-order chi connectivity index (χ1) is 14.8. The van der Waals surface area contributed by atoms with E-state index >= 15 is 0 Å². The fraction of sp³-hybridized carbons (Fsp3) is 0.478. The zero-order chi connectivity index (χ0) is 20.6. The molecule has 7 heteroatoms. The summed E-state index contributed by atoms with van der Waals surface area (Å²) >= 11 is 0. The van der Waals surface area contributed by atoms with E-state index in [9.17, 15) is 0 Å². The summed E-state index contributed by atoms with van der Waals surface area (Å²) in [6, 6.07) is 0. The van der Waals surface area contributed by atoms with Gasteiger partial charge in [0.2, 0.25) is 0 Å². The minimum absolute atomic E-state index is 0.100. The van der Waals surface area contributed by atoms with Crippen LogP contribution in [0.1, 0.15) is 32.1 Å². The number of ether oxygens (including phenoxy) is 1. The molecule has 3 aliphatic heterocycles. The van der Waals surface area contributed by atoms with E-state index in [1.807, 2.05) is 6.20 Å². The third-order valence-electron chi connectivity index (χ3n) is 6.53. The molecule has 1 aromatic rings. The van der Waals surface area contributed by atoms with Gasteiger partial charge in [-0.05, 0) is 44.3 Å². The molecule has 0 bridgehead atoms. The van der Waals surface area contributed by atoms with Crippen LogP contribution in [0.3, 0.4) is 0 Å². The Kier molecular flexibility index (Phi) is 5.18. The lowest BCUT2D eigenvalue weighted by Crippen LogP contribution is -2.42. The molecule has 30 heavy (non-hydrogen) atoms. The van der Waals surface area contributed by atoms with Crippen molar-refractivity contribution in [1.29, 1.82) is 0 Å². The van der Waals surface area contributed by atoms with Gasteiger partial charge in [0, 0.05) is 24.7 Å². The maximum absolute atomic E-state index is 6.08. The summed E-state index contributed by atoms with van der Waals surface area (Å²) < 4.78 is 5.91. The molecule has 1 aliphatic carbocycles. The number of methoxy groups -OCH3 is 1. The normalized spacial score (nSPS) is 25.3. The number of fused-ring (bicyclic) bond motifs is 3. The minimum atomic E-state index is 0.100. The van der Waals surface area contributed by atoms with E-state index in [0.29, 0.717) is 0 Å². The molecular weight excluding hydrogens is 378 g/mol. The molecule has 5 rings (SSSR count). The summed E-state index contributed by atoms with van der Waals surface area (Å²) in [6.07, 6.45) is 16.4. The number of aromatic nitrogens is 2. The average Bonchev–Trinajstić information content (AvgIpc) is 3.16. The predicted octanol–water partition coefficient (Wildman–Crippen LogP) is 1.76. The molecule has 158 valence electrons. The Balaban J connectivity index is 1.57. The van der Waals surface area contributed by atoms with Crippen LogP contribution in [0.25, 0.3) is 11.9 Å². The fourth-order valence-corrected chi connectivity index (χ4v) is 5.04. The van der Waals surface area contributed by atoms with Crippen LogP contribution in [-0.2, 0) is 9.57 Å². The highest BCUT2D eigenvalue weighted by atomic mass is 16.7. The summed E-state index contributed by atoms with van der Waals surface area (Å²) in [5.41, 5.74) is 3.55. The van der Waals surface area contributed by atoms with Gasteiger partial charge in [0.1, 0.15) is 0 Å². The van der Waals surface area contributed by atoms with Crippen molar-refractivity contribution in [1.82, 2.24) is 15.1 Å². The van der Waals surface area contributed by atoms with Gasteiger partial charge in [-0.1, -0.05) is 23.2 Å². The highest BCUT2D eigenvalue weighted by Gasteiger charge is 2.49. The van der Waals surface area contributed by atoms with Crippen molar-refractivity contribution in [2.45, 2.75) is 32.1 Å². The van der Waals surface area contributed by atoms with Crippen molar-refractivity contribution in [2.24, 2.45) is 0 Å². The van der Waals surface area contributed by atoms with Crippen molar-refractivity contribution in [2.75, 3.05) is 45.7 Å². The maximum atomic E-state index is 6.08. The second-order valence-electron chi connectivity index (χ2n) is 8.24. The first-order valence-corrected chi connectivity index (χ1v) is 10.9. The molecule has 1 atom stereocenters. The topological polar surface area (TPSA) is 59.5 Å². The molecule has 1 saturated heterocycles. The van der Waals surface area contributed by atoms with E-state index in [1.54, 1.807) is 14.2 Å². The lowest BCUT2D eigenvalue weighted by Gasteiger charge is -2.34. The quantitative estimate of drug-likeness (QED) is 0.724. The first-order valence-electron chi connectivity index (χ1n) is 10.9. The van der Waals surface area contributed by atoms with E-state index < -0.39 is 0 Å². The number of piperidine rings is 1. The van der Waals surface area contributed by atoms with Gasteiger partial charge in [-0.3, -0.25) is 0 Å². The SMILES string of the molecule is COC1=CC2=C(C=CCC2)C2=c3c(NCCN4CCCCC4)nncc3=C[N+]12OC. The van der Waals surface area contributed by atoms with Gasteiger partial charge in [0.15, 0.2) is 17.7 Å². The number of nitrogens with one attached hydrogen (secondary N) is 1. The van der Waals surface area contributed by atoms with Crippen LogP contribution in [0.15, 0.2) is 41.5 Å². The van der Waals surface area contributed by atoms with Crippen LogP contribution in [0, 0.1) is 0 Å². The molecule has 4 heterocycles. The standard InChI is InChI=1S/C23H30N5O2/c1-29-20-14-17-8-4-5-9-19(17)22-21-18(16-28(20,22)30-2)15-25-26-23(21)24-10-13-27-11-6-3-7-12-27/h5,9,14-16H,3-4,6-8,10-13H2,1-2H3,(H,24,26)/q+1. The highest BCUT2D eigenvalue weighted by Crippen LogP contribution is 2.43. The minimum Gasteiger partial charge on any atom is -0.452 e. The molecule has 0 radical (unpaired) electrons. The van der Waals surface area contributed by atoms with Crippen molar-refractivity contribution in [3.63, 3.8) is 0 Å². The summed E-state index contributed by atoms with van der Waals surface area (Å²) in [5, 5.41) is 14.4. The smallest absolute Gasteiger partial charge is 0.335 e. The summed E-state index contributed by atoms with van der Waals surface area (Å²) in [5.74, 6) is 1.58. The predicted molar refractivity (Wildman–Crippen MR) is 116 cm³/mol. The van der Waals surface area contributed by atoms with E-state index in [-0.39, 0.29) is 4.65 Å². The molecule has 0 spiro atoms. The largest absolute Gasteiger partial charge is 0.452 e. The van der Waals surface area contributed by atoms with Gasteiger partial charge in [0.25, 0.3) is 0 Å². The molecule has 0 amide bonds. The zero-order valence-corrected chi connectivity index (χ0v) is 17.9. The molecular formula is C23H30N5O2+. The van der Waals surface area contributed by atoms with Crippen LogP contribution in [0.4, 0.5) is 5.82 Å². The van der Waals surface area contributed by atoms with Gasteiger partial charge in [0.05, 0.1) is 30.9 Å². The molecule has 0 aromatic carbocycles. The molecule has 1 aromatic heterocycles. The molecule has 1 N–H and O–H groups in total. The molecule has 1 fully saturated rings. The van der Waals surface area contributed by atoms with Gasteiger partial charge in [-0.15, -0.1) is 5.10 Å².